The second-order valence-corrected chi connectivity index (χ2v) is 9.78. The van der Waals surface area contributed by atoms with Crippen molar-refractivity contribution < 1.29 is 0 Å². The Kier molecular flexibility index (Phi) is 4.65. The molecule has 170 valence electrons. The van der Waals surface area contributed by atoms with Crippen molar-refractivity contribution in [1.82, 2.24) is 4.98 Å². The fourth-order valence-corrected chi connectivity index (χ4v) is 5.64. The van der Waals surface area contributed by atoms with Crippen molar-refractivity contribution in [3.8, 4) is 22.3 Å². The van der Waals surface area contributed by atoms with Crippen LogP contribution in [0.4, 0.5) is 0 Å². The predicted octanol–water partition coefficient (Wildman–Crippen LogP) is 9.65. The van der Waals surface area contributed by atoms with Crippen molar-refractivity contribution in [1.29, 1.82) is 0 Å². The molecule has 0 saturated carbocycles. The summed E-state index contributed by atoms with van der Waals surface area (Å²) in [6.45, 7) is 4.42. The summed E-state index contributed by atoms with van der Waals surface area (Å²) in [6.07, 6.45) is 3.96. The molecule has 0 N–H and O–H groups in total. The molecule has 0 fully saturated rings. The molecule has 6 aromatic carbocycles. The van der Waals surface area contributed by atoms with Crippen LogP contribution in [-0.4, -0.2) is 4.98 Å². The number of aryl methyl sites for hydroxylation is 2. The smallest absolute Gasteiger partial charge is 0.0353 e. The van der Waals surface area contributed by atoms with E-state index in [0.29, 0.717) is 0 Å². The summed E-state index contributed by atoms with van der Waals surface area (Å²) < 4.78 is 0. The Bertz CT molecular complexity index is 1820. The van der Waals surface area contributed by atoms with Gasteiger partial charge in [0.05, 0.1) is 0 Å². The first-order valence-electron chi connectivity index (χ1n) is 12.5. The van der Waals surface area contributed by atoms with E-state index in [2.05, 4.69) is 122 Å². The highest BCUT2D eigenvalue weighted by atomic mass is 14.6. The van der Waals surface area contributed by atoms with Crippen LogP contribution in [0.3, 0.4) is 0 Å². The molecule has 7 aromatic rings. The van der Waals surface area contributed by atoms with E-state index >= 15 is 0 Å². The highest BCUT2D eigenvalue weighted by molar-refractivity contribution is 6.22. The van der Waals surface area contributed by atoms with Crippen LogP contribution in [0.5, 0.6) is 0 Å². The standard InChI is InChI=1S/C35H25N/c1-22-17-31-32(18-23(22)2)35(29-14-12-25-8-4-6-10-27(25)20-29)33-21-36-16-15-30(33)34(31)28-13-11-24-7-3-5-9-26(24)19-28/h3-21H,1-2H3. The van der Waals surface area contributed by atoms with Crippen molar-refractivity contribution in [3.05, 3.63) is 127 Å². The second kappa shape index (κ2) is 8.03. The van der Waals surface area contributed by atoms with Crippen LogP contribution >= 0.6 is 0 Å². The van der Waals surface area contributed by atoms with Gasteiger partial charge < -0.3 is 0 Å². The number of fused-ring (bicyclic) bond motifs is 4. The van der Waals surface area contributed by atoms with Gasteiger partial charge in [-0.15, -0.1) is 0 Å². The summed E-state index contributed by atoms with van der Waals surface area (Å²) in [7, 11) is 0. The first-order chi connectivity index (χ1) is 17.7. The molecule has 0 radical (unpaired) electrons. The average molecular weight is 460 g/mol. The molecule has 0 aliphatic heterocycles. The Morgan fingerprint density at radius 3 is 1.50 bits per heavy atom. The van der Waals surface area contributed by atoms with Gasteiger partial charge in [0.25, 0.3) is 0 Å². The van der Waals surface area contributed by atoms with Crippen LogP contribution in [0.15, 0.2) is 116 Å². The maximum atomic E-state index is 4.59. The van der Waals surface area contributed by atoms with Crippen LogP contribution < -0.4 is 0 Å². The lowest BCUT2D eigenvalue weighted by atomic mass is 9.84. The highest BCUT2D eigenvalue weighted by Gasteiger charge is 2.18. The lowest BCUT2D eigenvalue weighted by Gasteiger charge is -2.19. The Hall–Kier alpha value is -4.49. The molecule has 1 heteroatoms. The summed E-state index contributed by atoms with van der Waals surface area (Å²) in [5.41, 5.74) is 7.61. The van der Waals surface area contributed by atoms with E-state index in [1.165, 1.54) is 76.5 Å². The van der Waals surface area contributed by atoms with Gasteiger partial charge in [-0.1, -0.05) is 84.9 Å². The maximum Gasteiger partial charge on any atom is 0.0353 e. The topological polar surface area (TPSA) is 12.9 Å². The van der Waals surface area contributed by atoms with Crippen LogP contribution in [-0.2, 0) is 0 Å². The van der Waals surface area contributed by atoms with E-state index in [4.69, 9.17) is 0 Å². The first kappa shape index (κ1) is 20.8. The number of aromatic nitrogens is 1. The van der Waals surface area contributed by atoms with E-state index in [-0.39, 0.29) is 0 Å². The number of hydrogen-bond acceptors (Lipinski definition) is 1. The summed E-state index contributed by atoms with van der Waals surface area (Å²) in [6, 6.07) is 37.7. The van der Waals surface area contributed by atoms with Gasteiger partial charge in [0.2, 0.25) is 0 Å². The number of nitrogens with zero attached hydrogens (tertiary/aromatic N) is 1. The summed E-state index contributed by atoms with van der Waals surface area (Å²) in [5.74, 6) is 0. The minimum atomic E-state index is 1.19. The van der Waals surface area contributed by atoms with Crippen LogP contribution in [0.25, 0.3) is 65.3 Å². The predicted molar refractivity (Wildman–Crippen MR) is 155 cm³/mol. The van der Waals surface area contributed by atoms with Gasteiger partial charge in [-0.2, -0.15) is 0 Å². The third-order valence-electron chi connectivity index (χ3n) is 7.61. The zero-order valence-electron chi connectivity index (χ0n) is 20.4. The highest BCUT2D eigenvalue weighted by Crippen LogP contribution is 2.45. The first-order valence-corrected chi connectivity index (χ1v) is 12.5. The molecule has 0 atom stereocenters. The third kappa shape index (κ3) is 3.21. The second-order valence-electron chi connectivity index (χ2n) is 9.78. The fourth-order valence-electron chi connectivity index (χ4n) is 5.64. The minimum absolute atomic E-state index is 1.19. The van der Waals surface area contributed by atoms with Crippen LogP contribution in [0.2, 0.25) is 0 Å². The molecule has 1 heterocycles. The molecule has 0 aliphatic carbocycles. The Morgan fingerprint density at radius 2 is 0.944 bits per heavy atom. The van der Waals surface area contributed by atoms with Crippen LogP contribution in [0.1, 0.15) is 11.1 Å². The molecule has 0 spiro atoms. The average Bonchev–Trinajstić information content (AvgIpc) is 2.92. The van der Waals surface area contributed by atoms with E-state index in [1.807, 2.05) is 12.4 Å². The molecule has 1 aromatic heterocycles. The molecule has 0 amide bonds. The maximum absolute atomic E-state index is 4.59. The largest absolute Gasteiger partial charge is 0.264 e. The molecule has 1 nitrogen and oxygen atoms in total. The van der Waals surface area contributed by atoms with Gasteiger partial charge in [-0.25, -0.2) is 0 Å². The van der Waals surface area contributed by atoms with Crippen molar-refractivity contribution in [3.63, 3.8) is 0 Å². The van der Waals surface area contributed by atoms with E-state index in [9.17, 15) is 0 Å². The van der Waals surface area contributed by atoms with Crippen molar-refractivity contribution in [2.24, 2.45) is 0 Å². The van der Waals surface area contributed by atoms with Crippen LogP contribution in [0, 0.1) is 13.8 Å². The van der Waals surface area contributed by atoms with E-state index in [0.717, 1.165) is 0 Å². The summed E-state index contributed by atoms with van der Waals surface area (Å²) >= 11 is 0. The van der Waals surface area contributed by atoms with E-state index in [1.54, 1.807) is 0 Å². The lowest BCUT2D eigenvalue weighted by Crippen LogP contribution is -1.94. The fraction of sp³-hybridized carbons (Fsp3) is 0.0571. The summed E-state index contributed by atoms with van der Waals surface area (Å²) in [4.78, 5) is 4.59. The van der Waals surface area contributed by atoms with Crippen molar-refractivity contribution in [2.75, 3.05) is 0 Å². The number of hydrogen-bond donors (Lipinski definition) is 0. The number of rotatable bonds is 2. The summed E-state index contributed by atoms with van der Waals surface area (Å²) in [5, 5.41) is 10.0. The SMILES string of the molecule is Cc1cc2c(-c3ccc4ccccc4c3)c3ccncc3c(-c3ccc4ccccc4c3)c2cc1C. The Labute approximate surface area is 210 Å². The minimum Gasteiger partial charge on any atom is -0.264 e. The zero-order valence-corrected chi connectivity index (χ0v) is 20.4. The molecule has 0 saturated heterocycles. The number of pyridine rings is 1. The number of benzene rings is 6. The quantitative estimate of drug-likeness (QED) is 0.235. The van der Waals surface area contributed by atoms with Gasteiger partial charge in [0, 0.05) is 17.8 Å². The molecular weight excluding hydrogens is 434 g/mol. The molecule has 0 unspecified atom stereocenters. The monoisotopic (exact) mass is 459 g/mol. The molecule has 0 aliphatic rings. The molecular formula is C35H25N. The normalized spacial score (nSPS) is 11.6. The van der Waals surface area contributed by atoms with Gasteiger partial charge >= 0.3 is 0 Å². The van der Waals surface area contributed by atoms with E-state index < -0.39 is 0 Å². The molecule has 7 rings (SSSR count). The Balaban J connectivity index is 1.64. The zero-order chi connectivity index (χ0) is 24.2. The Morgan fingerprint density at radius 1 is 0.444 bits per heavy atom. The van der Waals surface area contributed by atoms with Gasteiger partial charge in [0.1, 0.15) is 0 Å². The van der Waals surface area contributed by atoms with Crippen molar-refractivity contribution in [2.45, 2.75) is 13.8 Å². The lowest BCUT2D eigenvalue weighted by molar-refractivity contribution is 1.36. The van der Waals surface area contributed by atoms with Crippen molar-refractivity contribution >= 4 is 43.1 Å². The van der Waals surface area contributed by atoms with Gasteiger partial charge in [-0.05, 0) is 103 Å². The van der Waals surface area contributed by atoms with Gasteiger partial charge in [0.15, 0.2) is 0 Å². The third-order valence-corrected chi connectivity index (χ3v) is 7.61. The molecule has 0 bridgehead atoms. The molecule has 36 heavy (non-hydrogen) atoms. The van der Waals surface area contributed by atoms with Gasteiger partial charge in [-0.3, -0.25) is 4.98 Å².